The molecular formula is C16H14O2. The van der Waals surface area contributed by atoms with Crippen molar-refractivity contribution in [1.29, 1.82) is 0 Å². The molecule has 2 rings (SSSR count). The SMILES string of the molecule is CC#CCCOc1ccc2ccccc2c1C=O. The molecule has 0 aromatic heterocycles. The van der Waals surface area contributed by atoms with Gasteiger partial charge in [0.2, 0.25) is 0 Å². The third-order valence-corrected chi connectivity index (χ3v) is 2.71. The van der Waals surface area contributed by atoms with Crippen LogP contribution in [0.25, 0.3) is 10.8 Å². The van der Waals surface area contributed by atoms with E-state index in [1.807, 2.05) is 36.4 Å². The molecular weight excluding hydrogens is 224 g/mol. The second kappa shape index (κ2) is 5.88. The number of hydrogen-bond acceptors (Lipinski definition) is 2. The minimum Gasteiger partial charge on any atom is -0.492 e. The highest BCUT2D eigenvalue weighted by Crippen LogP contribution is 2.26. The molecule has 0 bridgehead atoms. The van der Waals surface area contributed by atoms with Crippen molar-refractivity contribution in [2.45, 2.75) is 13.3 Å². The third-order valence-electron chi connectivity index (χ3n) is 2.71. The summed E-state index contributed by atoms with van der Waals surface area (Å²) in [6.07, 6.45) is 1.52. The van der Waals surface area contributed by atoms with Gasteiger partial charge in [-0.1, -0.05) is 30.3 Å². The molecule has 0 unspecified atom stereocenters. The highest BCUT2D eigenvalue weighted by atomic mass is 16.5. The van der Waals surface area contributed by atoms with E-state index < -0.39 is 0 Å². The summed E-state index contributed by atoms with van der Waals surface area (Å²) in [5.74, 6) is 6.37. The van der Waals surface area contributed by atoms with Crippen LogP contribution in [0.5, 0.6) is 5.75 Å². The number of fused-ring (bicyclic) bond motifs is 1. The van der Waals surface area contributed by atoms with Gasteiger partial charge in [-0.15, -0.1) is 11.8 Å². The zero-order chi connectivity index (χ0) is 12.8. The number of hydrogen-bond donors (Lipinski definition) is 0. The molecule has 0 atom stereocenters. The Kier molecular flexibility index (Phi) is 3.98. The van der Waals surface area contributed by atoms with Gasteiger partial charge in [0.1, 0.15) is 5.75 Å². The zero-order valence-corrected chi connectivity index (χ0v) is 10.3. The molecule has 18 heavy (non-hydrogen) atoms. The lowest BCUT2D eigenvalue weighted by Gasteiger charge is -2.09. The summed E-state index contributed by atoms with van der Waals surface area (Å²) >= 11 is 0. The van der Waals surface area contributed by atoms with Crippen molar-refractivity contribution in [3.63, 3.8) is 0 Å². The van der Waals surface area contributed by atoms with Gasteiger partial charge in [-0.25, -0.2) is 0 Å². The molecule has 2 aromatic carbocycles. The highest BCUT2D eigenvalue weighted by molar-refractivity contribution is 6.00. The van der Waals surface area contributed by atoms with E-state index in [0.717, 1.165) is 17.1 Å². The molecule has 90 valence electrons. The van der Waals surface area contributed by atoms with E-state index >= 15 is 0 Å². The van der Waals surface area contributed by atoms with Gasteiger partial charge in [-0.2, -0.15) is 0 Å². The predicted octanol–water partition coefficient (Wildman–Crippen LogP) is 3.44. The van der Waals surface area contributed by atoms with E-state index in [9.17, 15) is 4.79 Å². The molecule has 0 N–H and O–H groups in total. The van der Waals surface area contributed by atoms with Crippen LogP contribution >= 0.6 is 0 Å². The smallest absolute Gasteiger partial charge is 0.154 e. The van der Waals surface area contributed by atoms with Crippen LogP contribution in [0.4, 0.5) is 0 Å². The van der Waals surface area contributed by atoms with Crippen molar-refractivity contribution in [1.82, 2.24) is 0 Å². The molecule has 2 aromatic rings. The Balaban J connectivity index is 2.32. The zero-order valence-electron chi connectivity index (χ0n) is 10.3. The first-order valence-corrected chi connectivity index (χ1v) is 5.86. The normalized spacial score (nSPS) is 9.61. The van der Waals surface area contributed by atoms with E-state index in [4.69, 9.17) is 4.74 Å². The standard InChI is InChI=1S/C16H14O2/c1-2-3-6-11-18-16-10-9-13-7-4-5-8-14(13)15(16)12-17/h4-5,7-10,12H,6,11H2,1H3. The Bertz CT molecular complexity index is 618. The molecule has 0 spiro atoms. The minimum absolute atomic E-state index is 0.500. The maximum Gasteiger partial charge on any atom is 0.154 e. The maximum atomic E-state index is 11.2. The van der Waals surface area contributed by atoms with E-state index in [1.165, 1.54) is 0 Å². The molecule has 0 aliphatic carbocycles. The van der Waals surface area contributed by atoms with Gasteiger partial charge in [0, 0.05) is 6.42 Å². The van der Waals surface area contributed by atoms with Crippen LogP contribution in [-0.4, -0.2) is 12.9 Å². The molecule has 0 aliphatic rings. The Hall–Kier alpha value is -2.27. The van der Waals surface area contributed by atoms with Gasteiger partial charge < -0.3 is 4.74 Å². The molecule has 0 aliphatic heterocycles. The first-order chi connectivity index (χ1) is 8.86. The van der Waals surface area contributed by atoms with Crippen LogP contribution in [-0.2, 0) is 0 Å². The third kappa shape index (κ3) is 2.52. The van der Waals surface area contributed by atoms with E-state index in [0.29, 0.717) is 24.3 Å². The van der Waals surface area contributed by atoms with Crippen molar-refractivity contribution in [3.05, 3.63) is 42.0 Å². The minimum atomic E-state index is 0.500. The van der Waals surface area contributed by atoms with E-state index in [1.54, 1.807) is 6.92 Å². The number of rotatable bonds is 4. The first-order valence-electron chi connectivity index (χ1n) is 5.86. The second-order valence-corrected chi connectivity index (χ2v) is 3.84. The number of carbonyl (C=O) groups excluding carboxylic acids is 1. The molecule has 0 radical (unpaired) electrons. The number of carbonyl (C=O) groups is 1. The van der Waals surface area contributed by atoms with Gasteiger partial charge in [0.05, 0.1) is 12.2 Å². The summed E-state index contributed by atoms with van der Waals surface area (Å²) in [6.45, 7) is 2.30. The molecule has 0 heterocycles. The quantitative estimate of drug-likeness (QED) is 0.463. The number of aldehydes is 1. The lowest BCUT2D eigenvalue weighted by molar-refractivity contribution is 0.112. The van der Waals surface area contributed by atoms with Crippen LogP contribution in [0.1, 0.15) is 23.7 Å². The average molecular weight is 238 g/mol. The Labute approximate surface area is 107 Å². The molecule has 0 fully saturated rings. The van der Waals surface area contributed by atoms with Gasteiger partial charge in [-0.05, 0) is 23.8 Å². The summed E-state index contributed by atoms with van der Waals surface area (Å²) < 4.78 is 5.60. The topological polar surface area (TPSA) is 26.3 Å². The number of benzene rings is 2. The monoisotopic (exact) mass is 238 g/mol. The maximum absolute atomic E-state index is 11.2. The fourth-order valence-corrected chi connectivity index (χ4v) is 1.86. The molecule has 0 amide bonds. The fourth-order valence-electron chi connectivity index (χ4n) is 1.86. The van der Waals surface area contributed by atoms with Crippen molar-refractivity contribution >= 4 is 17.1 Å². The van der Waals surface area contributed by atoms with Gasteiger partial charge >= 0.3 is 0 Å². The van der Waals surface area contributed by atoms with Crippen molar-refractivity contribution < 1.29 is 9.53 Å². The number of ether oxygens (including phenoxy) is 1. The summed E-state index contributed by atoms with van der Waals surface area (Å²) in [6, 6.07) is 11.6. The Morgan fingerprint density at radius 2 is 2.06 bits per heavy atom. The van der Waals surface area contributed by atoms with Crippen LogP contribution in [0.3, 0.4) is 0 Å². The van der Waals surface area contributed by atoms with Gasteiger partial charge in [0.25, 0.3) is 0 Å². The average Bonchev–Trinajstić information content (AvgIpc) is 2.43. The van der Waals surface area contributed by atoms with Crippen LogP contribution in [0.15, 0.2) is 36.4 Å². The van der Waals surface area contributed by atoms with Gasteiger partial charge in [0.15, 0.2) is 6.29 Å². The largest absolute Gasteiger partial charge is 0.492 e. The summed E-state index contributed by atoms with van der Waals surface area (Å²) in [5.41, 5.74) is 0.609. The van der Waals surface area contributed by atoms with Crippen molar-refractivity contribution in [2.75, 3.05) is 6.61 Å². The Morgan fingerprint density at radius 3 is 2.83 bits per heavy atom. The van der Waals surface area contributed by atoms with Crippen LogP contribution < -0.4 is 4.74 Å². The summed E-state index contributed by atoms with van der Waals surface area (Å²) in [4.78, 5) is 11.2. The second-order valence-electron chi connectivity index (χ2n) is 3.84. The van der Waals surface area contributed by atoms with Crippen LogP contribution in [0, 0.1) is 11.8 Å². The Morgan fingerprint density at radius 1 is 1.22 bits per heavy atom. The first kappa shape index (κ1) is 12.2. The molecule has 2 heteroatoms. The lowest BCUT2D eigenvalue weighted by atomic mass is 10.0. The highest BCUT2D eigenvalue weighted by Gasteiger charge is 2.07. The van der Waals surface area contributed by atoms with Crippen LogP contribution in [0.2, 0.25) is 0 Å². The lowest BCUT2D eigenvalue weighted by Crippen LogP contribution is -1.99. The fraction of sp³-hybridized carbons (Fsp3) is 0.188. The van der Waals surface area contributed by atoms with Gasteiger partial charge in [-0.3, -0.25) is 4.79 Å². The molecule has 2 nitrogen and oxygen atoms in total. The van der Waals surface area contributed by atoms with E-state index in [2.05, 4.69) is 11.8 Å². The molecule has 0 saturated heterocycles. The van der Waals surface area contributed by atoms with E-state index in [-0.39, 0.29) is 0 Å². The summed E-state index contributed by atoms with van der Waals surface area (Å²) in [5, 5.41) is 1.96. The van der Waals surface area contributed by atoms with Crippen molar-refractivity contribution in [2.24, 2.45) is 0 Å². The predicted molar refractivity (Wildman–Crippen MR) is 72.9 cm³/mol. The molecule has 0 saturated carbocycles. The van der Waals surface area contributed by atoms with Crippen molar-refractivity contribution in [3.8, 4) is 17.6 Å². The summed E-state index contributed by atoms with van der Waals surface area (Å²) in [7, 11) is 0.